The van der Waals surface area contributed by atoms with E-state index < -0.39 is 11.7 Å². The summed E-state index contributed by atoms with van der Waals surface area (Å²) in [5, 5.41) is 8.53. The second-order valence-electron chi connectivity index (χ2n) is 6.93. The van der Waals surface area contributed by atoms with E-state index >= 15 is 0 Å². The lowest BCUT2D eigenvalue weighted by Gasteiger charge is -2.13. The molecule has 0 saturated heterocycles. The fraction of sp³-hybridized carbons (Fsp3) is 0.167. The molecule has 8 heteroatoms. The number of anilines is 2. The van der Waals surface area contributed by atoms with E-state index in [1.54, 1.807) is 31.4 Å². The summed E-state index contributed by atoms with van der Waals surface area (Å²) in [6.45, 7) is 0.314. The molecule has 6 nitrogen and oxygen atoms in total. The Bertz CT molecular complexity index is 1090. The van der Waals surface area contributed by atoms with Gasteiger partial charge in [0, 0.05) is 17.3 Å². The summed E-state index contributed by atoms with van der Waals surface area (Å²) in [4.78, 5) is 24.8. The van der Waals surface area contributed by atoms with Crippen molar-refractivity contribution in [2.45, 2.75) is 6.42 Å². The first-order valence-electron chi connectivity index (χ1n) is 9.95. The number of nitrogens with one attached hydrogen (secondary N) is 3. The van der Waals surface area contributed by atoms with Crippen LogP contribution in [0.25, 0.3) is 0 Å². The zero-order valence-electron chi connectivity index (χ0n) is 17.5. The molecule has 3 aromatic rings. The van der Waals surface area contributed by atoms with E-state index in [4.69, 9.17) is 16.3 Å². The third kappa shape index (κ3) is 6.46. The van der Waals surface area contributed by atoms with Gasteiger partial charge in [0.15, 0.2) is 0 Å². The number of benzene rings is 3. The smallest absolute Gasteiger partial charge is 0.253 e. The topological polar surface area (TPSA) is 79.5 Å². The Morgan fingerprint density at radius 2 is 1.75 bits per heavy atom. The van der Waals surface area contributed by atoms with Crippen molar-refractivity contribution in [3.05, 3.63) is 88.7 Å². The van der Waals surface area contributed by atoms with Crippen molar-refractivity contribution < 1.29 is 18.7 Å². The molecule has 32 heavy (non-hydrogen) atoms. The average molecular weight is 456 g/mol. The highest BCUT2D eigenvalue weighted by Crippen LogP contribution is 2.19. The average Bonchev–Trinajstić information content (AvgIpc) is 2.80. The van der Waals surface area contributed by atoms with Gasteiger partial charge in [0.05, 0.1) is 24.9 Å². The Kier molecular flexibility index (Phi) is 8.05. The van der Waals surface area contributed by atoms with Crippen LogP contribution in [0, 0.1) is 5.82 Å². The largest absolute Gasteiger partial charge is 0.497 e. The maximum Gasteiger partial charge on any atom is 0.253 e. The minimum atomic E-state index is -0.623. The van der Waals surface area contributed by atoms with Crippen LogP contribution in [0.15, 0.2) is 66.7 Å². The molecule has 3 aromatic carbocycles. The number of halogens is 2. The SMILES string of the molecule is COc1ccc(CCNC(=O)c2ccccc2NCC(=O)Nc2ccc(Cl)cc2F)cc1. The Balaban J connectivity index is 1.53. The van der Waals surface area contributed by atoms with Crippen molar-refractivity contribution in [1.29, 1.82) is 0 Å². The van der Waals surface area contributed by atoms with Gasteiger partial charge in [0.1, 0.15) is 11.6 Å². The van der Waals surface area contributed by atoms with Gasteiger partial charge >= 0.3 is 0 Å². The van der Waals surface area contributed by atoms with Crippen molar-refractivity contribution in [2.24, 2.45) is 0 Å². The van der Waals surface area contributed by atoms with Crippen molar-refractivity contribution in [1.82, 2.24) is 5.32 Å². The van der Waals surface area contributed by atoms with Gasteiger partial charge in [0.25, 0.3) is 5.91 Å². The minimum absolute atomic E-state index is 0.0331. The fourth-order valence-electron chi connectivity index (χ4n) is 3.00. The third-order valence-corrected chi connectivity index (χ3v) is 4.91. The molecule has 0 unspecified atom stereocenters. The van der Waals surface area contributed by atoms with E-state index in [1.165, 1.54) is 12.1 Å². The van der Waals surface area contributed by atoms with Crippen LogP contribution in [-0.2, 0) is 11.2 Å². The number of carbonyl (C=O) groups excluding carboxylic acids is 2. The Morgan fingerprint density at radius 3 is 2.47 bits per heavy atom. The Morgan fingerprint density at radius 1 is 1.00 bits per heavy atom. The first-order chi connectivity index (χ1) is 15.5. The molecule has 0 aromatic heterocycles. The number of methoxy groups -OCH3 is 1. The number of hydrogen-bond acceptors (Lipinski definition) is 4. The van der Waals surface area contributed by atoms with Crippen molar-refractivity contribution in [3.63, 3.8) is 0 Å². The van der Waals surface area contributed by atoms with Gasteiger partial charge in [-0.1, -0.05) is 35.9 Å². The number of rotatable bonds is 9. The molecule has 0 radical (unpaired) electrons. The summed E-state index contributed by atoms with van der Waals surface area (Å²) in [6, 6.07) is 18.5. The van der Waals surface area contributed by atoms with E-state index in [-0.39, 0.29) is 23.2 Å². The van der Waals surface area contributed by atoms with Crippen LogP contribution in [0.4, 0.5) is 15.8 Å². The molecule has 3 N–H and O–H groups in total. The van der Waals surface area contributed by atoms with E-state index in [0.29, 0.717) is 24.2 Å². The quantitative estimate of drug-likeness (QED) is 0.443. The maximum atomic E-state index is 13.8. The second kappa shape index (κ2) is 11.2. The van der Waals surface area contributed by atoms with Crippen molar-refractivity contribution in [3.8, 4) is 5.75 Å². The molecule has 0 fully saturated rings. The number of hydrogen-bond donors (Lipinski definition) is 3. The molecule has 0 aliphatic heterocycles. The molecule has 2 amide bonds. The molecule has 3 rings (SSSR count). The van der Waals surface area contributed by atoms with E-state index in [0.717, 1.165) is 17.4 Å². The van der Waals surface area contributed by atoms with Crippen molar-refractivity contribution >= 4 is 34.8 Å². The van der Waals surface area contributed by atoms with Crippen molar-refractivity contribution in [2.75, 3.05) is 30.8 Å². The molecule has 0 heterocycles. The summed E-state index contributed by atoms with van der Waals surface area (Å²) >= 11 is 5.72. The predicted molar refractivity (Wildman–Crippen MR) is 124 cm³/mol. The first-order valence-corrected chi connectivity index (χ1v) is 10.3. The fourth-order valence-corrected chi connectivity index (χ4v) is 3.16. The predicted octanol–water partition coefficient (Wildman–Crippen LogP) is 4.51. The second-order valence-corrected chi connectivity index (χ2v) is 7.36. The van der Waals surface area contributed by atoms with Gasteiger partial charge < -0.3 is 20.7 Å². The van der Waals surface area contributed by atoms with E-state index in [2.05, 4.69) is 16.0 Å². The molecular formula is C24H23ClFN3O3. The van der Waals surface area contributed by atoms with Crippen LogP contribution in [-0.4, -0.2) is 32.0 Å². The van der Waals surface area contributed by atoms with Crippen LogP contribution in [0.1, 0.15) is 15.9 Å². The number of carbonyl (C=O) groups is 2. The number of para-hydroxylation sites is 1. The highest BCUT2D eigenvalue weighted by atomic mass is 35.5. The zero-order chi connectivity index (χ0) is 22.9. The molecule has 0 spiro atoms. The summed E-state index contributed by atoms with van der Waals surface area (Å²) in [5.74, 6) is -0.560. The van der Waals surface area contributed by atoms with Gasteiger partial charge in [0.2, 0.25) is 5.91 Å². The lowest BCUT2D eigenvalue weighted by atomic mass is 10.1. The van der Waals surface area contributed by atoms with Crippen LogP contribution in [0.5, 0.6) is 5.75 Å². The van der Waals surface area contributed by atoms with E-state index in [1.807, 2.05) is 24.3 Å². The first kappa shape index (κ1) is 23.1. The normalized spacial score (nSPS) is 10.3. The van der Waals surface area contributed by atoms with E-state index in [9.17, 15) is 14.0 Å². The molecule has 0 aliphatic carbocycles. The highest BCUT2D eigenvalue weighted by Gasteiger charge is 2.12. The Hall–Kier alpha value is -3.58. The standard InChI is InChI=1S/C24H23ClFN3O3/c1-32-18-9-6-16(7-10-18)12-13-27-24(31)19-4-2-3-5-21(19)28-15-23(30)29-22-11-8-17(25)14-20(22)26/h2-11,14,28H,12-13,15H2,1H3,(H,27,31)(H,29,30). The summed E-state index contributed by atoms with van der Waals surface area (Å²) in [7, 11) is 1.61. The summed E-state index contributed by atoms with van der Waals surface area (Å²) < 4.78 is 19.0. The molecular weight excluding hydrogens is 433 g/mol. The highest BCUT2D eigenvalue weighted by molar-refractivity contribution is 6.30. The molecule has 0 bridgehead atoms. The van der Waals surface area contributed by atoms with Gasteiger partial charge in [-0.25, -0.2) is 4.39 Å². The molecule has 0 saturated carbocycles. The van der Waals surface area contributed by atoms with Crippen LogP contribution >= 0.6 is 11.6 Å². The minimum Gasteiger partial charge on any atom is -0.497 e. The lowest BCUT2D eigenvalue weighted by Crippen LogP contribution is -2.28. The molecule has 166 valence electrons. The third-order valence-electron chi connectivity index (χ3n) is 4.67. The van der Waals surface area contributed by atoms with Gasteiger partial charge in [-0.3, -0.25) is 9.59 Å². The molecule has 0 atom stereocenters. The van der Waals surface area contributed by atoms with Crippen LogP contribution < -0.4 is 20.7 Å². The summed E-state index contributed by atoms with van der Waals surface area (Å²) in [5.41, 5.74) is 2.02. The maximum absolute atomic E-state index is 13.8. The van der Waals surface area contributed by atoms with Gasteiger partial charge in [-0.15, -0.1) is 0 Å². The Labute approximate surface area is 190 Å². The van der Waals surface area contributed by atoms with Crippen LogP contribution in [0.3, 0.4) is 0 Å². The number of amides is 2. The lowest BCUT2D eigenvalue weighted by molar-refractivity contribution is -0.114. The zero-order valence-corrected chi connectivity index (χ0v) is 18.2. The van der Waals surface area contributed by atoms with Gasteiger partial charge in [-0.2, -0.15) is 0 Å². The monoisotopic (exact) mass is 455 g/mol. The molecule has 0 aliphatic rings. The van der Waals surface area contributed by atoms with Crippen LogP contribution in [0.2, 0.25) is 5.02 Å². The van der Waals surface area contributed by atoms with Gasteiger partial charge in [-0.05, 0) is 54.4 Å². The number of ether oxygens (including phenoxy) is 1. The summed E-state index contributed by atoms with van der Waals surface area (Å²) in [6.07, 6.45) is 0.667.